The van der Waals surface area contributed by atoms with Crippen LogP contribution < -0.4 is 0 Å². The summed E-state index contributed by atoms with van der Waals surface area (Å²) in [5.74, 6) is 0. The molecular weight excluding hydrogens is 451 g/mol. The fourth-order valence-corrected chi connectivity index (χ4v) is 2.67. The van der Waals surface area contributed by atoms with E-state index in [1.807, 2.05) is 48.5 Å². The zero-order valence-electron chi connectivity index (χ0n) is 16.6. The number of rotatable bonds is 6. The van der Waals surface area contributed by atoms with E-state index in [0.29, 0.717) is 24.5 Å². The molecule has 3 aromatic carbocycles. The molecule has 6 nitrogen and oxygen atoms in total. The predicted octanol–water partition coefficient (Wildman–Crippen LogP) is 8.44. The zero-order valence-corrected chi connectivity index (χ0v) is 18.2. The SMILES string of the molecule is C[C@@H]([NH-])C[N-]/C=C\[N-]C[C@@H](C)[NH-].[NH-]c1c([NH-])c2ccccc2c2ccccc12.[Rh]. The normalized spacial score (nSPS) is 12.7. The standard InChI is InChI=1S/C14H10N2.C8H16N4.Rh/c15-13-11-7-3-1-5-9(11)10-6-2-4-8-12(10)14(13)16;1-7(9)5-11-3-4-12-6-8(2)10;/h1-8,15-16H;3-4,7-10H,5-6H2,1-2H3;/q-2;-4;/b;4-3-;/t;7-,8-;/m.1./s1. The summed E-state index contributed by atoms with van der Waals surface area (Å²) < 4.78 is 0. The van der Waals surface area contributed by atoms with Gasteiger partial charge in [-0.15, -0.1) is 24.5 Å². The van der Waals surface area contributed by atoms with Crippen LogP contribution >= 0.6 is 0 Å². The average Bonchev–Trinajstić information content (AvgIpc) is 2.69. The molecule has 1 radical (unpaired) electrons. The van der Waals surface area contributed by atoms with E-state index in [2.05, 4.69) is 10.6 Å². The van der Waals surface area contributed by atoms with Gasteiger partial charge in [-0.05, 0) is 21.5 Å². The molecule has 4 N–H and O–H groups in total. The monoisotopic (exact) mass is 477 g/mol. The molecule has 29 heavy (non-hydrogen) atoms. The van der Waals surface area contributed by atoms with Crippen molar-refractivity contribution in [3.8, 4) is 0 Å². The second-order valence-electron chi connectivity index (χ2n) is 6.67. The minimum Gasteiger partial charge on any atom is -0.699 e. The van der Waals surface area contributed by atoms with Crippen molar-refractivity contribution >= 4 is 32.9 Å². The molecule has 3 aromatic rings. The summed E-state index contributed by atoms with van der Waals surface area (Å²) in [5.41, 5.74) is 30.9. The van der Waals surface area contributed by atoms with Gasteiger partial charge < -0.3 is 33.6 Å². The second kappa shape index (κ2) is 12.3. The molecule has 0 aliphatic rings. The van der Waals surface area contributed by atoms with Crippen LogP contribution in [0.4, 0.5) is 11.4 Å². The Hall–Kier alpha value is -2.34. The Bertz CT molecular complexity index is 849. The van der Waals surface area contributed by atoms with Crippen molar-refractivity contribution in [1.29, 1.82) is 0 Å². The Morgan fingerprint density at radius 3 is 1.31 bits per heavy atom. The molecule has 0 saturated carbocycles. The fourth-order valence-electron chi connectivity index (χ4n) is 2.67. The molecule has 0 spiro atoms. The van der Waals surface area contributed by atoms with Crippen molar-refractivity contribution < 1.29 is 19.5 Å². The van der Waals surface area contributed by atoms with Crippen LogP contribution in [0.15, 0.2) is 60.9 Å². The third kappa shape index (κ3) is 7.20. The first-order chi connectivity index (χ1) is 13.4. The summed E-state index contributed by atoms with van der Waals surface area (Å²) in [6.07, 6.45) is 3.18. The maximum Gasteiger partial charge on any atom is 0 e. The van der Waals surface area contributed by atoms with E-state index in [0.717, 1.165) is 21.5 Å². The van der Waals surface area contributed by atoms with Gasteiger partial charge in [0.1, 0.15) is 0 Å². The van der Waals surface area contributed by atoms with Gasteiger partial charge in [0.25, 0.3) is 0 Å². The van der Waals surface area contributed by atoms with E-state index < -0.39 is 0 Å². The Morgan fingerprint density at radius 1 is 0.690 bits per heavy atom. The van der Waals surface area contributed by atoms with E-state index in [9.17, 15) is 0 Å². The van der Waals surface area contributed by atoms with Crippen molar-refractivity contribution in [3.63, 3.8) is 0 Å². The number of fused-ring (bicyclic) bond motifs is 3. The van der Waals surface area contributed by atoms with Crippen LogP contribution in [0.3, 0.4) is 0 Å². The van der Waals surface area contributed by atoms with Gasteiger partial charge >= 0.3 is 0 Å². The molecule has 3 rings (SSSR count). The van der Waals surface area contributed by atoms with Gasteiger partial charge in [-0.3, -0.25) is 0 Å². The van der Waals surface area contributed by atoms with E-state index in [1.165, 1.54) is 0 Å². The maximum atomic E-state index is 7.98. The molecule has 0 amide bonds. The van der Waals surface area contributed by atoms with Gasteiger partial charge in [0.2, 0.25) is 0 Å². The van der Waals surface area contributed by atoms with Crippen molar-refractivity contribution in [1.82, 2.24) is 0 Å². The predicted molar refractivity (Wildman–Crippen MR) is 123 cm³/mol. The van der Waals surface area contributed by atoms with Crippen LogP contribution in [0.2, 0.25) is 0 Å². The molecule has 0 fully saturated rings. The second-order valence-corrected chi connectivity index (χ2v) is 6.67. The largest absolute Gasteiger partial charge is 0.699 e. The number of benzene rings is 3. The minimum atomic E-state index is -0.148. The van der Waals surface area contributed by atoms with Crippen molar-refractivity contribution in [3.05, 3.63) is 94.5 Å². The molecule has 0 heterocycles. The molecule has 0 unspecified atom stereocenters. The molecule has 2 atom stereocenters. The Labute approximate surface area is 185 Å². The summed E-state index contributed by atoms with van der Waals surface area (Å²) in [5, 5.41) is 11.7. The first-order valence-corrected chi connectivity index (χ1v) is 9.19. The average molecular weight is 477 g/mol. The molecule has 0 aliphatic carbocycles. The van der Waals surface area contributed by atoms with Crippen molar-refractivity contribution in [2.24, 2.45) is 0 Å². The van der Waals surface area contributed by atoms with Crippen LogP contribution in [0.25, 0.3) is 55.1 Å². The molecule has 0 aromatic heterocycles. The summed E-state index contributed by atoms with van der Waals surface area (Å²) in [6, 6.07) is 15.3. The molecular formula is C22H26N6Rh-6. The molecule has 7 heteroatoms. The van der Waals surface area contributed by atoms with Crippen LogP contribution in [0, 0.1) is 0 Å². The van der Waals surface area contributed by atoms with E-state index in [4.69, 9.17) is 22.9 Å². The van der Waals surface area contributed by atoms with Gasteiger partial charge in [0, 0.05) is 19.5 Å². The van der Waals surface area contributed by atoms with E-state index in [-0.39, 0.29) is 31.6 Å². The maximum absolute atomic E-state index is 7.98. The van der Waals surface area contributed by atoms with Crippen LogP contribution in [-0.4, -0.2) is 25.2 Å². The van der Waals surface area contributed by atoms with Gasteiger partial charge in [-0.1, -0.05) is 62.4 Å². The third-order valence-corrected chi connectivity index (χ3v) is 3.97. The summed E-state index contributed by atoms with van der Waals surface area (Å²) in [7, 11) is 0. The van der Waals surface area contributed by atoms with Gasteiger partial charge in [0.15, 0.2) is 0 Å². The topological polar surface area (TPSA) is 123 Å². The Kier molecular flexibility index (Phi) is 10.5. The number of hydrogen-bond acceptors (Lipinski definition) is 0. The zero-order chi connectivity index (χ0) is 20.5. The summed E-state index contributed by atoms with van der Waals surface area (Å²) >= 11 is 0. The van der Waals surface area contributed by atoms with E-state index >= 15 is 0 Å². The van der Waals surface area contributed by atoms with Crippen molar-refractivity contribution in [2.45, 2.75) is 25.9 Å². The van der Waals surface area contributed by atoms with Gasteiger partial charge in [-0.25, -0.2) is 12.4 Å². The molecule has 0 bridgehead atoms. The number of nitrogens with zero attached hydrogens (tertiary/aromatic N) is 2. The molecule has 0 aliphatic heterocycles. The fraction of sp³-hybridized carbons (Fsp3) is 0.273. The van der Waals surface area contributed by atoms with Crippen LogP contribution in [-0.2, 0) is 19.5 Å². The number of nitrogens with one attached hydrogen (secondary N) is 4. The minimum absolute atomic E-state index is 0. The van der Waals surface area contributed by atoms with Gasteiger partial charge in [0.05, 0.1) is 0 Å². The molecule has 0 saturated heterocycles. The van der Waals surface area contributed by atoms with Crippen LogP contribution in [0.1, 0.15) is 13.8 Å². The summed E-state index contributed by atoms with van der Waals surface area (Å²) in [6.45, 7) is 4.62. The Morgan fingerprint density at radius 2 is 1.00 bits per heavy atom. The van der Waals surface area contributed by atoms with E-state index in [1.54, 1.807) is 26.2 Å². The first kappa shape index (κ1) is 24.7. The third-order valence-electron chi connectivity index (χ3n) is 3.97. The number of hydrogen-bond donors (Lipinski definition) is 0. The smallest absolute Gasteiger partial charge is 0 e. The van der Waals surface area contributed by atoms with Crippen LogP contribution in [0.5, 0.6) is 0 Å². The molecule has 159 valence electrons. The van der Waals surface area contributed by atoms with Gasteiger partial charge in [-0.2, -0.15) is 12.1 Å². The quantitative estimate of drug-likeness (QED) is 0.250. The first-order valence-electron chi connectivity index (χ1n) is 9.19. The Balaban J connectivity index is 0.000000295. The van der Waals surface area contributed by atoms with Crippen molar-refractivity contribution in [2.75, 3.05) is 13.1 Å². The summed E-state index contributed by atoms with van der Waals surface area (Å²) in [4.78, 5) is 0.